The van der Waals surface area contributed by atoms with E-state index in [-0.39, 0.29) is 24.5 Å². The molecule has 0 saturated carbocycles. The van der Waals surface area contributed by atoms with Gasteiger partial charge in [-0.15, -0.1) is 0 Å². The minimum atomic E-state index is -1.02. The number of carbonyl (C=O) groups excluding carboxylic acids is 2. The molecule has 0 aromatic rings. The summed E-state index contributed by atoms with van der Waals surface area (Å²) in [6.07, 6.45) is 51.3. The minimum Gasteiger partial charge on any atom is -0.480 e. The van der Waals surface area contributed by atoms with Crippen LogP contribution in [0.15, 0.2) is 36.5 Å². The number of carbonyl (C=O) groups is 3. The number of unbranched alkanes of at least 4 members (excludes halogenated alkanes) is 23. The highest BCUT2D eigenvalue weighted by molar-refractivity contribution is 5.80. The number of amides is 1. The number of carboxylic acid groups (broad SMARTS) is 1. The number of carboxylic acids is 1. The van der Waals surface area contributed by atoms with Crippen molar-refractivity contribution in [1.82, 2.24) is 5.32 Å². The molecule has 2 N–H and O–H groups in total. The fourth-order valence-electron chi connectivity index (χ4n) is 6.52. The lowest BCUT2D eigenvalue weighted by Gasteiger charge is -2.18. The zero-order valence-electron chi connectivity index (χ0n) is 34.2. The highest BCUT2D eigenvalue weighted by atomic mass is 16.5. The Morgan fingerprint density at radius 3 is 1.35 bits per heavy atom. The number of ether oxygens (including phenoxy) is 1. The van der Waals surface area contributed by atoms with Crippen molar-refractivity contribution in [1.29, 1.82) is 0 Å². The zero-order chi connectivity index (χ0) is 38.0. The third-order valence-corrected chi connectivity index (χ3v) is 9.81. The van der Waals surface area contributed by atoms with Crippen LogP contribution in [-0.4, -0.2) is 35.6 Å². The van der Waals surface area contributed by atoms with E-state index in [9.17, 15) is 14.4 Å². The normalized spacial score (nSPS) is 12.3. The molecule has 302 valence electrons. The predicted molar refractivity (Wildman–Crippen MR) is 222 cm³/mol. The highest BCUT2D eigenvalue weighted by Crippen LogP contribution is 2.19. The van der Waals surface area contributed by atoms with Crippen molar-refractivity contribution in [3.05, 3.63) is 36.5 Å². The molecule has 52 heavy (non-hydrogen) atoms. The number of rotatable bonds is 40. The van der Waals surface area contributed by atoms with Gasteiger partial charge in [-0.1, -0.05) is 172 Å². The van der Waals surface area contributed by atoms with Gasteiger partial charge in [0.15, 0.2) is 0 Å². The van der Waals surface area contributed by atoms with Crippen molar-refractivity contribution in [3.8, 4) is 0 Å². The van der Waals surface area contributed by atoms with Crippen LogP contribution in [0.4, 0.5) is 0 Å². The molecular formula is C46H83NO5. The van der Waals surface area contributed by atoms with Crippen molar-refractivity contribution < 1.29 is 24.2 Å². The van der Waals surface area contributed by atoms with E-state index >= 15 is 0 Å². The molecule has 0 fully saturated rings. The van der Waals surface area contributed by atoms with Crippen LogP contribution in [0.3, 0.4) is 0 Å². The second-order valence-corrected chi connectivity index (χ2v) is 15.0. The number of allylic oxidation sites excluding steroid dienone is 6. The second-order valence-electron chi connectivity index (χ2n) is 15.0. The minimum absolute atomic E-state index is 0.0224. The Kier molecular flexibility index (Phi) is 39.5. The molecule has 0 saturated heterocycles. The van der Waals surface area contributed by atoms with Crippen LogP contribution in [0.25, 0.3) is 0 Å². The van der Waals surface area contributed by atoms with E-state index in [2.05, 4.69) is 55.6 Å². The maximum Gasteiger partial charge on any atom is 0.322 e. The lowest BCUT2D eigenvalue weighted by atomic mass is 10.0. The summed E-state index contributed by atoms with van der Waals surface area (Å²) in [4.78, 5) is 35.0. The van der Waals surface area contributed by atoms with Gasteiger partial charge in [0.25, 0.3) is 0 Å². The topological polar surface area (TPSA) is 92.7 Å². The van der Waals surface area contributed by atoms with Gasteiger partial charge in [-0.25, -0.2) is 0 Å². The van der Waals surface area contributed by atoms with Gasteiger partial charge in [-0.05, 0) is 77.0 Å². The van der Waals surface area contributed by atoms with Crippen LogP contribution in [-0.2, 0) is 19.1 Å². The lowest BCUT2D eigenvalue weighted by Crippen LogP contribution is -2.28. The maximum atomic E-state index is 12.7. The van der Waals surface area contributed by atoms with Crippen LogP contribution in [0.2, 0.25) is 0 Å². The first-order valence-corrected chi connectivity index (χ1v) is 22.1. The zero-order valence-corrected chi connectivity index (χ0v) is 34.2. The Balaban J connectivity index is 4.06. The fraction of sp³-hybridized carbons (Fsp3) is 0.804. The third kappa shape index (κ3) is 40.4. The van der Waals surface area contributed by atoms with Gasteiger partial charge in [-0.2, -0.15) is 0 Å². The predicted octanol–water partition coefficient (Wildman–Crippen LogP) is 13.7. The fourth-order valence-corrected chi connectivity index (χ4v) is 6.52. The lowest BCUT2D eigenvalue weighted by molar-refractivity contribution is -0.150. The van der Waals surface area contributed by atoms with Gasteiger partial charge >= 0.3 is 11.9 Å². The van der Waals surface area contributed by atoms with Crippen molar-refractivity contribution in [3.63, 3.8) is 0 Å². The second kappa shape index (κ2) is 41.4. The summed E-state index contributed by atoms with van der Waals surface area (Å²) in [5.74, 6) is -1.24. The first-order valence-electron chi connectivity index (χ1n) is 22.1. The molecule has 1 atom stereocenters. The number of aliphatic carboxylic acids is 1. The molecule has 0 aromatic heterocycles. The molecule has 6 heteroatoms. The smallest absolute Gasteiger partial charge is 0.322 e. The quantitative estimate of drug-likeness (QED) is 0.0372. The van der Waals surface area contributed by atoms with E-state index in [1.165, 1.54) is 116 Å². The third-order valence-electron chi connectivity index (χ3n) is 9.81. The molecule has 0 spiro atoms. The molecule has 0 aliphatic carbocycles. The molecule has 1 amide bonds. The van der Waals surface area contributed by atoms with Gasteiger partial charge in [0, 0.05) is 12.8 Å². The van der Waals surface area contributed by atoms with E-state index in [4.69, 9.17) is 9.84 Å². The van der Waals surface area contributed by atoms with Gasteiger partial charge in [0.05, 0.1) is 0 Å². The van der Waals surface area contributed by atoms with E-state index in [0.717, 1.165) is 83.5 Å². The summed E-state index contributed by atoms with van der Waals surface area (Å²) < 4.78 is 6.02. The van der Waals surface area contributed by atoms with Crippen LogP contribution in [0.5, 0.6) is 0 Å². The SMILES string of the molecule is CCCCCCC/C=C\C/C=C\C/C=C\CCCCCCCCC(=O)OC(CCCCCCCCCCC)CCCCCCCC(=O)NCC(=O)O. The summed E-state index contributed by atoms with van der Waals surface area (Å²) in [6.45, 7) is 4.21. The summed E-state index contributed by atoms with van der Waals surface area (Å²) >= 11 is 0. The van der Waals surface area contributed by atoms with Gasteiger partial charge < -0.3 is 15.2 Å². The number of esters is 1. The summed E-state index contributed by atoms with van der Waals surface area (Å²) in [7, 11) is 0. The van der Waals surface area contributed by atoms with E-state index in [1.807, 2.05) is 0 Å². The highest BCUT2D eigenvalue weighted by Gasteiger charge is 2.14. The number of nitrogens with one attached hydrogen (secondary N) is 1. The number of hydrogen-bond acceptors (Lipinski definition) is 4. The van der Waals surface area contributed by atoms with E-state index < -0.39 is 5.97 Å². The summed E-state index contributed by atoms with van der Waals surface area (Å²) in [5, 5.41) is 11.1. The molecule has 0 radical (unpaired) electrons. The summed E-state index contributed by atoms with van der Waals surface area (Å²) in [5.41, 5.74) is 0. The van der Waals surface area contributed by atoms with Crippen LogP contribution in [0, 0.1) is 0 Å². The van der Waals surface area contributed by atoms with E-state index in [0.29, 0.717) is 12.8 Å². The molecule has 1 unspecified atom stereocenters. The molecule has 0 aromatic carbocycles. The Morgan fingerprint density at radius 1 is 0.500 bits per heavy atom. The average Bonchev–Trinajstić information content (AvgIpc) is 3.13. The van der Waals surface area contributed by atoms with Crippen LogP contribution >= 0.6 is 0 Å². The Bertz CT molecular complexity index is 895. The van der Waals surface area contributed by atoms with Crippen LogP contribution < -0.4 is 5.32 Å². The van der Waals surface area contributed by atoms with Gasteiger partial charge in [-0.3, -0.25) is 14.4 Å². The monoisotopic (exact) mass is 730 g/mol. The maximum absolute atomic E-state index is 12.7. The van der Waals surface area contributed by atoms with Crippen molar-refractivity contribution in [2.75, 3.05) is 6.54 Å². The molecule has 0 bridgehead atoms. The molecule has 0 heterocycles. The first-order chi connectivity index (χ1) is 25.5. The average molecular weight is 730 g/mol. The van der Waals surface area contributed by atoms with Crippen molar-refractivity contribution in [2.24, 2.45) is 0 Å². The molecule has 0 rings (SSSR count). The van der Waals surface area contributed by atoms with E-state index in [1.54, 1.807) is 0 Å². The van der Waals surface area contributed by atoms with Crippen LogP contribution in [0.1, 0.15) is 226 Å². The molecular weight excluding hydrogens is 647 g/mol. The van der Waals surface area contributed by atoms with Crippen molar-refractivity contribution >= 4 is 17.8 Å². The van der Waals surface area contributed by atoms with Gasteiger partial charge in [0.2, 0.25) is 5.91 Å². The van der Waals surface area contributed by atoms with Crippen molar-refractivity contribution in [2.45, 2.75) is 232 Å². The molecule has 0 aliphatic rings. The number of hydrogen-bond donors (Lipinski definition) is 2. The molecule has 0 aliphatic heterocycles. The Hall–Kier alpha value is -2.37. The Labute approximate surface area is 321 Å². The standard InChI is InChI=1S/C46H83NO5/c1-3-5-7-9-11-13-14-15-16-17-18-19-20-21-22-23-24-26-28-33-37-41-46(51)52-43(38-34-30-27-25-12-10-8-6-4-2)39-35-31-29-32-36-40-44(48)47-42-45(49)50/h14-15,17-18,20-21,43H,3-13,16,19,22-42H2,1-2H3,(H,47,48)(H,49,50)/b15-14-,18-17-,21-20-. The first kappa shape index (κ1) is 49.6. The summed E-state index contributed by atoms with van der Waals surface area (Å²) in [6, 6.07) is 0. The largest absolute Gasteiger partial charge is 0.480 e. The Morgan fingerprint density at radius 2 is 0.885 bits per heavy atom. The van der Waals surface area contributed by atoms with Gasteiger partial charge in [0.1, 0.15) is 12.6 Å². The molecule has 6 nitrogen and oxygen atoms in total.